The molecule has 0 bridgehead atoms. The van der Waals surface area contributed by atoms with Crippen LogP contribution < -0.4 is 15.8 Å². The van der Waals surface area contributed by atoms with Gasteiger partial charge < -0.3 is 15.8 Å². The van der Waals surface area contributed by atoms with Gasteiger partial charge in [0.15, 0.2) is 11.6 Å². The topological polar surface area (TPSA) is 81.4 Å². The van der Waals surface area contributed by atoms with Crippen LogP contribution in [0.1, 0.15) is 29.9 Å². The van der Waals surface area contributed by atoms with Gasteiger partial charge in [-0.1, -0.05) is 38.1 Å². The fraction of sp³-hybridized carbons (Fsp3) is 0.217. The Bertz CT molecular complexity index is 1150. The molecule has 4 rings (SSSR count). The monoisotopic (exact) mass is 478 g/mol. The second-order valence-electron chi connectivity index (χ2n) is 7.68. The van der Waals surface area contributed by atoms with Gasteiger partial charge in [0.2, 0.25) is 5.91 Å². The van der Waals surface area contributed by atoms with Crippen molar-refractivity contribution in [1.82, 2.24) is 0 Å². The van der Waals surface area contributed by atoms with E-state index in [9.17, 15) is 18.4 Å². The molecule has 0 spiro atoms. The molecule has 1 aliphatic rings. The molecule has 2 heterocycles. The average molecular weight is 479 g/mol. The van der Waals surface area contributed by atoms with Crippen LogP contribution in [0.4, 0.5) is 14.5 Å². The molecule has 0 aliphatic carbocycles. The summed E-state index contributed by atoms with van der Waals surface area (Å²) in [5.74, 6) is -2.99. The van der Waals surface area contributed by atoms with Crippen LogP contribution in [0.3, 0.4) is 0 Å². The van der Waals surface area contributed by atoms with Crippen molar-refractivity contribution >= 4 is 41.3 Å². The number of carbonyl (C=O) groups is 2. The van der Waals surface area contributed by atoms with Crippen LogP contribution in [0.15, 0.2) is 53.9 Å². The van der Waals surface area contributed by atoms with E-state index in [2.05, 4.69) is 5.32 Å². The molecule has 1 unspecified atom stereocenters. The Balaban J connectivity index is 0.00000289. The van der Waals surface area contributed by atoms with E-state index < -0.39 is 35.0 Å². The van der Waals surface area contributed by atoms with E-state index >= 15 is 0 Å². The number of halogens is 3. The van der Waals surface area contributed by atoms with Crippen molar-refractivity contribution in [1.29, 1.82) is 0 Å². The summed E-state index contributed by atoms with van der Waals surface area (Å²) >= 11 is 1.33. The van der Waals surface area contributed by atoms with Gasteiger partial charge in [-0.25, -0.2) is 13.6 Å². The first kappa shape index (κ1) is 23.8. The highest BCUT2D eigenvalue weighted by atomic mass is 35.5. The van der Waals surface area contributed by atoms with E-state index in [0.717, 1.165) is 6.07 Å². The molecule has 2 atom stereocenters. The van der Waals surface area contributed by atoms with Crippen LogP contribution in [0.25, 0.3) is 0 Å². The predicted molar refractivity (Wildman–Crippen MR) is 121 cm³/mol. The van der Waals surface area contributed by atoms with Crippen molar-refractivity contribution in [3.8, 4) is 5.75 Å². The summed E-state index contributed by atoms with van der Waals surface area (Å²) in [6.07, 6.45) is 0. The fourth-order valence-electron chi connectivity index (χ4n) is 3.71. The standard InChI is InChI=1S/C23H20F2N2O3S.ClH/c1-12(2)19(26)21(28)30-14-7-5-13(6-8-14)23(17-4-3-11-31-17)15-9-10-16(24)18(25)20(15)27-22(23)29;/h3-12,19H,26H2,1-2H3,(H,27,29);1H/t19-,23?;/m0./s1. The van der Waals surface area contributed by atoms with Crippen LogP contribution in [0.5, 0.6) is 5.75 Å². The van der Waals surface area contributed by atoms with E-state index in [-0.39, 0.29) is 29.8 Å². The zero-order valence-corrected chi connectivity index (χ0v) is 18.9. The summed E-state index contributed by atoms with van der Waals surface area (Å²) in [7, 11) is 0. The van der Waals surface area contributed by atoms with E-state index in [0.29, 0.717) is 16.0 Å². The number of hydrogen-bond donors (Lipinski definition) is 2. The van der Waals surface area contributed by atoms with Crippen molar-refractivity contribution in [2.45, 2.75) is 25.3 Å². The molecule has 1 aliphatic heterocycles. The molecule has 0 fully saturated rings. The first-order valence-electron chi connectivity index (χ1n) is 9.68. The van der Waals surface area contributed by atoms with Crippen molar-refractivity contribution in [2.75, 3.05) is 5.32 Å². The minimum atomic E-state index is -1.35. The second-order valence-corrected chi connectivity index (χ2v) is 8.63. The number of anilines is 1. The lowest BCUT2D eigenvalue weighted by molar-refractivity contribution is -0.136. The first-order chi connectivity index (χ1) is 14.8. The first-order valence-corrected chi connectivity index (χ1v) is 10.6. The lowest BCUT2D eigenvalue weighted by atomic mass is 9.74. The zero-order valence-electron chi connectivity index (χ0n) is 17.2. The summed E-state index contributed by atoms with van der Waals surface area (Å²) < 4.78 is 33.6. The molecule has 168 valence electrons. The number of thiophene rings is 1. The largest absolute Gasteiger partial charge is 0.425 e. The molecule has 3 aromatic rings. The third-order valence-corrected chi connectivity index (χ3v) is 6.45. The van der Waals surface area contributed by atoms with Gasteiger partial charge in [-0.05, 0) is 41.1 Å². The maximum absolute atomic E-state index is 14.5. The van der Waals surface area contributed by atoms with E-state index in [1.165, 1.54) is 17.4 Å². The van der Waals surface area contributed by atoms with Gasteiger partial charge >= 0.3 is 5.97 Å². The van der Waals surface area contributed by atoms with Crippen LogP contribution in [0.2, 0.25) is 0 Å². The number of fused-ring (bicyclic) bond motifs is 1. The Morgan fingerprint density at radius 3 is 2.41 bits per heavy atom. The molecule has 0 saturated heterocycles. The van der Waals surface area contributed by atoms with Crippen LogP contribution in [-0.4, -0.2) is 17.9 Å². The van der Waals surface area contributed by atoms with Crippen LogP contribution >= 0.6 is 23.7 Å². The van der Waals surface area contributed by atoms with Gasteiger partial charge in [0, 0.05) is 10.4 Å². The summed E-state index contributed by atoms with van der Waals surface area (Å²) in [4.78, 5) is 26.0. The molecule has 1 aromatic heterocycles. The fourth-order valence-corrected chi connectivity index (χ4v) is 4.67. The number of carbonyl (C=O) groups excluding carboxylic acids is 2. The van der Waals surface area contributed by atoms with Crippen molar-refractivity contribution < 1.29 is 23.1 Å². The van der Waals surface area contributed by atoms with E-state index in [1.54, 1.807) is 36.4 Å². The lowest BCUT2D eigenvalue weighted by Crippen LogP contribution is -2.38. The third kappa shape index (κ3) is 3.68. The normalized spacial score (nSPS) is 18.0. The Labute approximate surface area is 194 Å². The molecule has 3 N–H and O–H groups in total. The molecule has 1 amide bonds. The molecule has 32 heavy (non-hydrogen) atoms. The maximum atomic E-state index is 14.5. The Hall–Kier alpha value is -2.81. The second kappa shape index (κ2) is 8.97. The summed E-state index contributed by atoms with van der Waals surface area (Å²) in [5.41, 5.74) is 5.16. The SMILES string of the molecule is CC(C)[C@H](N)C(=O)Oc1ccc(C2(c3cccs3)C(=O)Nc3c2ccc(F)c3F)cc1.Cl. The predicted octanol–water partition coefficient (Wildman–Crippen LogP) is 4.62. The van der Waals surface area contributed by atoms with Crippen molar-refractivity contribution in [3.05, 3.63) is 81.5 Å². The minimum Gasteiger partial charge on any atom is -0.425 e. The zero-order chi connectivity index (χ0) is 22.3. The number of ether oxygens (including phenoxy) is 1. The molecular weight excluding hydrogens is 458 g/mol. The molecular formula is C23H21ClF2N2O3S. The van der Waals surface area contributed by atoms with Gasteiger partial charge in [-0.3, -0.25) is 4.79 Å². The number of hydrogen-bond acceptors (Lipinski definition) is 5. The number of rotatable bonds is 5. The van der Waals surface area contributed by atoms with Gasteiger partial charge in [-0.15, -0.1) is 23.7 Å². The number of amides is 1. The van der Waals surface area contributed by atoms with Crippen molar-refractivity contribution in [2.24, 2.45) is 11.7 Å². The van der Waals surface area contributed by atoms with E-state index in [1.807, 2.05) is 19.2 Å². The number of esters is 1. The highest BCUT2D eigenvalue weighted by Crippen LogP contribution is 2.50. The highest BCUT2D eigenvalue weighted by Gasteiger charge is 2.51. The van der Waals surface area contributed by atoms with Gasteiger partial charge in [-0.2, -0.15) is 0 Å². The van der Waals surface area contributed by atoms with Gasteiger partial charge in [0.05, 0.1) is 5.69 Å². The summed E-state index contributed by atoms with van der Waals surface area (Å²) in [6.45, 7) is 3.63. The van der Waals surface area contributed by atoms with Gasteiger partial charge in [0.25, 0.3) is 0 Å². The third-order valence-electron chi connectivity index (χ3n) is 5.46. The molecule has 9 heteroatoms. The molecule has 2 aromatic carbocycles. The Kier molecular flexibility index (Phi) is 6.69. The maximum Gasteiger partial charge on any atom is 0.328 e. The summed E-state index contributed by atoms with van der Waals surface area (Å²) in [6, 6.07) is 11.6. The number of benzene rings is 2. The quantitative estimate of drug-likeness (QED) is 0.414. The van der Waals surface area contributed by atoms with Crippen LogP contribution in [-0.2, 0) is 15.0 Å². The molecule has 0 saturated carbocycles. The highest BCUT2D eigenvalue weighted by molar-refractivity contribution is 7.10. The van der Waals surface area contributed by atoms with Gasteiger partial charge in [0.1, 0.15) is 17.2 Å². The van der Waals surface area contributed by atoms with Crippen molar-refractivity contribution in [3.63, 3.8) is 0 Å². The molecule has 0 radical (unpaired) electrons. The summed E-state index contributed by atoms with van der Waals surface area (Å²) in [5, 5.41) is 4.32. The Morgan fingerprint density at radius 2 is 1.81 bits per heavy atom. The molecule has 5 nitrogen and oxygen atoms in total. The Morgan fingerprint density at radius 1 is 1.12 bits per heavy atom. The van der Waals surface area contributed by atoms with Crippen LogP contribution in [0, 0.1) is 17.6 Å². The van der Waals surface area contributed by atoms with E-state index in [4.69, 9.17) is 10.5 Å². The smallest absolute Gasteiger partial charge is 0.328 e. The average Bonchev–Trinajstić information content (AvgIpc) is 3.37. The number of nitrogens with two attached hydrogens (primary N) is 1. The number of nitrogens with one attached hydrogen (secondary N) is 1. The lowest BCUT2D eigenvalue weighted by Gasteiger charge is -2.27. The minimum absolute atomic E-state index is 0.